The quantitative estimate of drug-likeness (QED) is 0.380. The molecule has 0 aliphatic carbocycles. The Bertz CT molecular complexity index is 116. The van der Waals surface area contributed by atoms with E-state index in [1.54, 1.807) is 12.3 Å². The molecule has 1 aliphatic heterocycles. The van der Waals surface area contributed by atoms with Gasteiger partial charge < -0.3 is 0 Å². The molecule has 0 bridgehead atoms. The van der Waals surface area contributed by atoms with E-state index in [0.717, 1.165) is 6.54 Å². The maximum absolute atomic E-state index is 3.88. The van der Waals surface area contributed by atoms with Crippen LogP contribution >= 0.6 is 0 Å². The number of rotatable bonds is 0. The van der Waals surface area contributed by atoms with E-state index in [4.69, 9.17) is 0 Å². The third-order valence-corrected chi connectivity index (χ3v) is 0.591. The summed E-state index contributed by atoms with van der Waals surface area (Å²) >= 11 is 0. The molecular formula is C5H5N. The van der Waals surface area contributed by atoms with Gasteiger partial charge in [-0.25, -0.2) is 0 Å². The van der Waals surface area contributed by atoms with Crippen LogP contribution in [0.25, 0.3) is 0 Å². The predicted molar refractivity (Wildman–Crippen MR) is 26.0 cm³/mol. The SMILES string of the molecule is C1=CC=NCC=1. The summed E-state index contributed by atoms with van der Waals surface area (Å²) in [6.45, 7) is 0.802. The molecule has 0 N–H and O–H groups in total. The first-order valence-corrected chi connectivity index (χ1v) is 1.89. The van der Waals surface area contributed by atoms with E-state index in [-0.39, 0.29) is 0 Å². The Morgan fingerprint density at radius 3 is 2.83 bits per heavy atom. The lowest BCUT2D eigenvalue weighted by molar-refractivity contribution is 1.25. The summed E-state index contributed by atoms with van der Waals surface area (Å²) in [5.74, 6) is 0. The fourth-order valence-corrected chi connectivity index (χ4v) is 0.330. The van der Waals surface area contributed by atoms with Crippen molar-refractivity contribution in [3.05, 3.63) is 17.9 Å². The van der Waals surface area contributed by atoms with Crippen molar-refractivity contribution in [2.75, 3.05) is 6.54 Å². The highest BCUT2D eigenvalue weighted by atomic mass is 14.7. The van der Waals surface area contributed by atoms with Crippen LogP contribution in [0.4, 0.5) is 0 Å². The van der Waals surface area contributed by atoms with Crippen molar-refractivity contribution in [1.82, 2.24) is 0 Å². The highest BCUT2D eigenvalue weighted by Gasteiger charge is 1.69. The minimum absolute atomic E-state index is 0.802. The third-order valence-electron chi connectivity index (χ3n) is 0.591. The van der Waals surface area contributed by atoms with Crippen molar-refractivity contribution in [1.29, 1.82) is 0 Å². The lowest BCUT2D eigenvalue weighted by Gasteiger charge is -1.79. The molecule has 0 atom stereocenters. The number of aliphatic imine (C=N–C) groups is 1. The molecule has 0 saturated carbocycles. The van der Waals surface area contributed by atoms with Crippen LogP contribution in [0.15, 0.2) is 22.9 Å². The highest BCUT2D eigenvalue weighted by molar-refractivity contribution is 5.71. The van der Waals surface area contributed by atoms with Gasteiger partial charge >= 0.3 is 0 Å². The van der Waals surface area contributed by atoms with Crippen LogP contribution < -0.4 is 0 Å². The normalized spacial score (nSPS) is 16.0. The Morgan fingerprint density at radius 1 is 1.67 bits per heavy atom. The molecule has 6 heavy (non-hydrogen) atoms. The summed E-state index contributed by atoms with van der Waals surface area (Å²) in [7, 11) is 0. The molecular weight excluding hydrogens is 74.1 g/mol. The molecule has 1 rings (SSSR count). The van der Waals surface area contributed by atoms with Crippen LogP contribution in [0.3, 0.4) is 0 Å². The van der Waals surface area contributed by atoms with Gasteiger partial charge in [0, 0.05) is 6.21 Å². The average molecular weight is 79.1 g/mol. The smallest absolute Gasteiger partial charge is 0.0644 e. The fraction of sp³-hybridized carbons (Fsp3) is 0.200. The maximum Gasteiger partial charge on any atom is 0.0644 e. The predicted octanol–water partition coefficient (Wildman–Crippen LogP) is 0.782. The summed E-state index contributed by atoms with van der Waals surface area (Å²) in [6, 6.07) is 0. The Hall–Kier alpha value is -0.810. The molecule has 0 aromatic rings. The largest absolute Gasteiger partial charge is 0.288 e. The molecule has 0 amide bonds. The highest BCUT2D eigenvalue weighted by Crippen LogP contribution is 1.75. The average Bonchev–Trinajstić information content (AvgIpc) is 1.72. The molecule has 0 aromatic heterocycles. The van der Waals surface area contributed by atoms with Gasteiger partial charge in [0.1, 0.15) is 0 Å². The lowest BCUT2D eigenvalue weighted by Crippen LogP contribution is -1.74. The van der Waals surface area contributed by atoms with Crippen molar-refractivity contribution in [2.24, 2.45) is 4.99 Å². The minimum atomic E-state index is 0.802. The van der Waals surface area contributed by atoms with Gasteiger partial charge in [0.05, 0.1) is 6.54 Å². The summed E-state index contributed by atoms with van der Waals surface area (Å²) < 4.78 is 0. The second-order valence-corrected chi connectivity index (χ2v) is 1.05. The fourth-order valence-electron chi connectivity index (χ4n) is 0.330. The van der Waals surface area contributed by atoms with E-state index in [1.807, 2.05) is 6.08 Å². The van der Waals surface area contributed by atoms with E-state index < -0.39 is 0 Å². The zero-order valence-corrected chi connectivity index (χ0v) is 3.39. The molecule has 0 saturated heterocycles. The number of hydrogen-bond donors (Lipinski definition) is 0. The monoisotopic (exact) mass is 79.0 g/mol. The van der Waals surface area contributed by atoms with Crippen LogP contribution in [0.2, 0.25) is 0 Å². The summed E-state index contributed by atoms with van der Waals surface area (Å²) in [5.41, 5.74) is 2.89. The Labute approximate surface area is 36.7 Å². The van der Waals surface area contributed by atoms with Crippen molar-refractivity contribution in [2.45, 2.75) is 0 Å². The molecule has 30 valence electrons. The van der Waals surface area contributed by atoms with Crippen LogP contribution in [-0.2, 0) is 0 Å². The number of nitrogens with zero attached hydrogens (tertiary/aromatic N) is 1. The zero-order chi connectivity index (χ0) is 4.24. The molecule has 0 radical (unpaired) electrons. The number of hydrogen-bond acceptors (Lipinski definition) is 1. The van der Waals surface area contributed by atoms with Gasteiger partial charge in [-0.3, -0.25) is 4.99 Å². The molecule has 1 heterocycles. The van der Waals surface area contributed by atoms with Gasteiger partial charge in [0.2, 0.25) is 0 Å². The first-order valence-electron chi connectivity index (χ1n) is 1.89. The molecule has 0 aromatic carbocycles. The second kappa shape index (κ2) is 1.58. The van der Waals surface area contributed by atoms with Gasteiger partial charge in [0.25, 0.3) is 0 Å². The van der Waals surface area contributed by atoms with Crippen molar-refractivity contribution >= 4 is 6.21 Å². The second-order valence-electron chi connectivity index (χ2n) is 1.05. The van der Waals surface area contributed by atoms with Crippen molar-refractivity contribution < 1.29 is 0 Å². The first kappa shape index (κ1) is 3.38. The van der Waals surface area contributed by atoms with E-state index in [2.05, 4.69) is 10.7 Å². The molecule has 0 fully saturated rings. The van der Waals surface area contributed by atoms with Gasteiger partial charge in [0.15, 0.2) is 0 Å². The van der Waals surface area contributed by atoms with Gasteiger partial charge in [-0.1, -0.05) is 0 Å². The first-order chi connectivity index (χ1) is 3.00. The summed E-state index contributed by atoms with van der Waals surface area (Å²) in [4.78, 5) is 3.88. The Balaban J connectivity index is 2.78. The van der Waals surface area contributed by atoms with Gasteiger partial charge in [-0.15, -0.1) is 5.73 Å². The topological polar surface area (TPSA) is 12.4 Å². The van der Waals surface area contributed by atoms with Crippen molar-refractivity contribution in [3.8, 4) is 0 Å². The van der Waals surface area contributed by atoms with E-state index in [0.29, 0.717) is 0 Å². The van der Waals surface area contributed by atoms with Crippen molar-refractivity contribution in [3.63, 3.8) is 0 Å². The summed E-state index contributed by atoms with van der Waals surface area (Å²) in [5, 5.41) is 0. The molecule has 1 aliphatic rings. The van der Waals surface area contributed by atoms with E-state index in [1.165, 1.54) is 0 Å². The van der Waals surface area contributed by atoms with E-state index in [9.17, 15) is 0 Å². The molecule has 1 heteroatoms. The van der Waals surface area contributed by atoms with Crippen LogP contribution in [0.1, 0.15) is 0 Å². The van der Waals surface area contributed by atoms with Crippen LogP contribution in [0.5, 0.6) is 0 Å². The Kier molecular flexibility index (Phi) is 0.892. The van der Waals surface area contributed by atoms with Crippen LogP contribution in [-0.4, -0.2) is 12.8 Å². The standard InChI is InChI=1S/C5H5N/c1-2-4-6-5-3-1/h2-4H,5H2. The molecule has 1 nitrogen and oxygen atoms in total. The van der Waals surface area contributed by atoms with Crippen LogP contribution in [0, 0.1) is 0 Å². The van der Waals surface area contributed by atoms with Gasteiger partial charge in [-0.2, -0.15) is 0 Å². The minimum Gasteiger partial charge on any atom is -0.288 e. The Morgan fingerprint density at radius 2 is 2.67 bits per heavy atom. The molecule has 0 unspecified atom stereocenters. The maximum atomic E-state index is 3.88. The zero-order valence-electron chi connectivity index (χ0n) is 3.39. The summed E-state index contributed by atoms with van der Waals surface area (Å²) in [6.07, 6.45) is 5.43. The van der Waals surface area contributed by atoms with Gasteiger partial charge in [-0.05, 0) is 12.2 Å². The lowest BCUT2D eigenvalue weighted by atomic mass is 10.5. The van der Waals surface area contributed by atoms with E-state index >= 15 is 0 Å². The molecule has 0 spiro atoms. The third kappa shape index (κ3) is 0.568.